The first-order chi connectivity index (χ1) is 12.4. The van der Waals surface area contributed by atoms with Crippen molar-refractivity contribution in [1.29, 1.82) is 0 Å². The number of benzene rings is 1. The Bertz CT molecular complexity index is 729. The van der Waals surface area contributed by atoms with Gasteiger partial charge >= 0.3 is 18.0 Å². The minimum atomic E-state index is -1.14. The van der Waals surface area contributed by atoms with E-state index in [9.17, 15) is 19.5 Å². The number of urea groups is 1. The molecule has 0 spiro atoms. The van der Waals surface area contributed by atoms with E-state index in [0.717, 1.165) is 18.6 Å². The molecule has 2 saturated heterocycles. The van der Waals surface area contributed by atoms with E-state index in [-0.39, 0.29) is 35.8 Å². The van der Waals surface area contributed by atoms with Crippen molar-refractivity contribution in [2.75, 3.05) is 5.75 Å². The fraction of sp³-hybridized carbons (Fsp3) is 0.471. The number of carbonyl (C=O) groups excluding carboxylic acids is 2. The average molecular weight is 443 g/mol. The van der Waals surface area contributed by atoms with Gasteiger partial charge in [0.15, 0.2) is 0 Å². The number of carbonyl (C=O) groups is 3. The Morgan fingerprint density at radius 3 is 2.88 bits per heavy atom. The van der Waals surface area contributed by atoms with E-state index in [0.29, 0.717) is 16.1 Å². The lowest BCUT2D eigenvalue weighted by molar-refractivity contribution is -0.134. The fourth-order valence-electron chi connectivity index (χ4n) is 3.19. The van der Waals surface area contributed by atoms with Crippen LogP contribution < -0.4 is 15.4 Å². The summed E-state index contributed by atoms with van der Waals surface area (Å²) in [6, 6.07) is 4.78. The van der Waals surface area contributed by atoms with E-state index in [1.807, 2.05) is 11.8 Å². The molecule has 0 unspecified atom stereocenters. The number of ether oxygens (including phenoxy) is 1. The maximum Gasteiger partial charge on any atom is 0.339 e. The number of amides is 2. The summed E-state index contributed by atoms with van der Waals surface area (Å²) in [6.07, 6.45) is 2.65. The quantitative estimate of drug-likeness (QED) is 0.259. The number of aromatic carboxylic acids is 1. The molecule has 9 heteroatoms. The molecule has 1 aromatic rings. The molecule has 0 bridgehead atoms. The Morgan fingerprint density at radius 1 is 1.31 bits per heavy atom. The van der Waals surface area contributed by atoms with Crippen LogP contribution in [0.5, 0.6) is 5.75 Å². The number of thioether (sulfide) groups is 1. The predicted octanol–water partition coefficient (Wildman–Crippen LogP) is 2.78. The molecule has 3 rings (SSSR count). The predicted molar refractivity (Wildman–Crippen MR) is 101 cm³/mol. The monoisotopic (exact) mass is 442 g/mol. The number of esters is 1. The summed E-state index contributed by atoms with van der Waals surface area (Å²) < 4.78 is 5.81. The maximum absolute atomic E-state index is 12.0. The van der Waals surface area contributed by atoms with Gasteiger partial charge in [-0.1, -0.05) is 22.4 Å². The second kappa shape index (κ2) is 8.30. The highest BCUT2D eigenvalue weighted by atomic mass is 79.9. The number of fused-ring (bicyclic) bond motifs is 1. The minimum Gasteiger partial charge on any atom is -0.478 e. The van der Waals surface area contributed by atoms with Crippen molar-refractivity contribution in [3.63, 3.8) is 0 Å². The summed E-state index contributed by atoms with van der Waals surface area (Å²) >= 11 is 5.04. The number of hydrogen-bond acceptors (Lipinski definition) is 5. The van der Waals surface area contributed by atoms with Gasteiger partial charge in [-0.15, -0.1) is 0 Å². The maximum atomic E-state index is 12.0. The Hall–Kier alpha value is -1.74. The molecule has 26 heavy (non-hydrogen) atoms. The summed E-state index contributed by atoms with van der Waals surface area (Å²) in [6.45, 7) is 0. The van der Waals surface area contributed by atoms with Crippen LogP contribution in [0.15, 0.2) is 22.7 Å². The molecule has 0 radical (unpaired) electrons. The van der Waals surface area contributed by atoms with E-state index < -0.39 is 11.9 Å². The van der Waals surface area contributed by atoms with E-state index in [4.69, 9.17) is 4.74 Å². The van der Waals surface area contributed by atoms with Crippen LogP contribution in [-0.2, 0) is 4.79 Å². The lowest BCUT2D eigenvalue weighted by Gasteiger charge is -2.16. The summed E-state index contributed by atoms with van der Waals surface area (Å²) in [5, 5.41) is 15.4. The van der Waals surface area contributed by atoms with Crippen molar-refractivity contribution in [3.8, 4) is 5.75 Å². The van der Waals surface area contributed by atoms with Gasteiger partial charge in [-0.25, -0.2) is 9.59 Å². The number of halogens is 1. The standard InChI is InChI=1S/C17H19BrN2O5S/c18-9-5-6-12(10(7-9)16(22)23)25-14(21)4-2-1-3-13-15-11(8-26-13)19-17(24)20-15/h5-7,11,13,15H,1-4,8H2,(H,22,23)(H2,19,20,24)/t11-,13-,15-/m0/s1. The Labute approximate surface area is 163 Å². The Balaban J connectivity index is 1.42. The van der Waals surface area contributed by atoms with Crippen molar-refractivity contribution in [1.82, 2.24) is 10.6 Å². The van der Waals surface area contributed by atoms with Gasteiger partial charge in [0, 0.05) is 21.9 Å². The van der Waals surface area contributed by atoms with Gasteiger partial charge in [0.1, 0.15) is 11.3 Å². The number of unbranched alkanes of at least 4 members (excludes halogenated alkanes) is 1. The minimum absolute atomic E-state index is 0.0504. The van der Waals surface area contributed by atoms with E-state index in [1.54, 1.807) is 6.07 Å². The number of carboxylic acids is 1. The van der Waals surface area contributed by atoms with Crippen molar-refractivity contribution in [2.24, 2.45) is 0 Å². The number of carboxylic acid groups (broad SMARTS) is 1. The zero-order chi connectivity index (χ0) is 18.7. The first-order valence-electron chi connectivity index (χ1n) is 8.36. The molecule has 3 atom stereocenters. The lowest BCUT2D eigenvalue weighted by atomic mass is 10.0. The third-order valence-electron chi connectivity index (χ3n) is 4.45. The van der Waals surface area contributed by atoms with Gasteiger partial charge < -0.3 is 20.5 Å². The van der Waals surface area contributed by atoms with Crippen molar-refractivity contribution < 1.29 is 24.2 Å². The fourth-order valence-corrected chi connectivity index (χ4v) is 5.09. The molecule has 0 saturated carbocycles. The number of nitrogens with one attached hydrogen (secondary N) is 2. The molecule has 0 aromatic heterocycles. The van der Waals surface area contributed by atoms with Crippen LogP contribution in [-0.4, -0.2) is 46.2 Å². The van der Waals surface area contributed by atoms with Crippen molar-refractivity contribution in [3.05, 3.63) is 28.2 Å². The van der Waals surface area contributed by atoms with Gasteiger partial charge in [0.25, 0.3) is 0 Å². The molecule has 0 aliphatic carbocycles. The molecule has 7 nitrogen and oxygen atoms in total. The molecule has 2 aliphatic heterocycles. The van der Waals surface area contributed by atoms with Crippen LogP contribution >= 0.6 is 27.7 Å². The second-order valence-corrected chi connectivity index (χ2v) is 8.48. The van der Waals surface area contributed by atoms with Crippen LogP contribution in [0.2, 0.25) is 0 Å². The highest BCUT2D eigenvalue weighted by Gasteiger charge is 2.42. The highest BCUT2D eigenvalue weighted by Crippen LogP contribution is 2.33. The van der Waals surface area contributed by atoms with Crippen LogP contribution in [0, 0.1) is 0 Å². The normalized spacial score (nSPS) is 23.9. The zero-order valence-corrected chi connectivity index (χ0v) is 16.3. The van der Waals surface area contributed by atoms with E-state index >= 15 is 0 Å². The van der Waals surface area contributed by atoms with Crippen molar-refractivity contribution in [2.45, 2.75) is 43.0 Å². The molecule has 140 valence electrons. The Morgan fingerprint density at radius 2 is 2.12 bits per heavy atom. The summed E-state index contributed by atoms with van der Waals surface area (Å²) in [5.74, 6) is -0.617. The molecule has 3 N–H and O–H groups in total. The highest BCUT2D eigenvalue weighted by molar-refractivity contribution is 9.10. The van der Waals surface area contributed by atoms with E-state index in [1.165, 1.54) is 12.1 Å². The first-order valence-corrected chi connectivity index (χ1v) is 10.2. The van der Waals surface area contributed by atoms with Gasteiger partial charge in [0.2, 0.25) is 0 Å². The van der Waals surface area contributed by atoms with Crippen LogP contribution in [0.1, 0.15) is 36.0 Å². The third kappa shape index (κ3) is 4.50. The SMILES string of the molecule is O=C1N[C@H]2[C@H](CS[C@H]2CCCCC(=O)Oc2ccc(Br)cc2C(=O)O)N1. The molecule has 2 fully saturated rings. The second-order valence-electron chi connectivity index (χ2n) is 6.29. The first kappa shape index (κ1) is 19.0. The molecular weight excluding hydrogens is 424 g/mol. The topological polar surface area (TPSA) is 105 Å². The molecule has 2 aliphatic rings. The molecule has 1 aromatic carbocycles. The molecule has 2 heterocycles. The van der Waals surface area contributed by atoms with Crippen LogP contribution in [0.4, 0.5) is 4.79 Å². The summed E-state index contributed by atoms with van der Waals surface area (Å²) in [5.41, 5.74) is -0.0504. The van der Waals surface area contributed by atoms with Gasteiger partial charge in [-0.2, -0.15) is 11.8 Å². The summed E-state index contributed by atoms with van der Waals surface area (Å²) in [4.78, 5) is 34.6. The van der Waals surface area contributed by atoms with E-state index in [2.05, 4.69) is 26.6 Å². The molecular formula is C17H19BrN2O5S. The Kier molecular flexibility index (Phi) is 6.08. The van der Waals surface area contributed by atoms with Gasteiger partial charge in [0.05, 0.1) is 12.1 Å². The number of rotatable bonds is 7. The molecule has 2 amide bonds. The average Bonchev–Trinajstić information content (AvgIpc) is 3.12. The van der Waals surface area contributed by atoms with Gasteiger partial charge in [-0.05, 0) is 31.0 Å². The summed E-state index contributed by atoms with van der Waals surface area (Å²) in [7, 11) is 0. The van der Waals surface area contributed by atoms with Crippen LogP contribution in [0.3, 0.4) is 0 Å². The lowest BCUT2D eigenvalue weighted by Crippen LogP contribution is -2.36. The smallest absolute Gasteiger partial charge is 0.339 e. The van der Waals surface area contributed by atoms with Crippen molar-refractivity contribution >= 4 is 45.7 Å². The van der Waals surface area contributed by atoms with Crippen LogP contribution in [0.25, 0.3) is 0 Å². The zero-order valence-electron chi connectivity index (χ0n) is 13.9. The van der Waals surface area contributed by atoms with Gasteiger partial charge in [-0.3, -0.25) is 4.79 Å². The largest absolute Gasteiger partial charge is 0.478 e. The third-order valence-corrected chi connectivity index (χ3v) is 6.46. The number of hydrogen-bond donors (Lipinski definition) is 3.